The molecule has 0 atom stereocenters. The first-order valence-corrected chi connectivity index (χ1v) is 5.40. The van der Waals surface area contributed by atoms with Crippen LogP contribution in [0.3, 0.4) is 0 Å². The lowest BCUT2D eigenvalue weighted by Gasteiger charge is -2.22. The second kappa shape index (κ2) is 7.96. The van der Waals surface area contributed by atoms with E-state index in [2.05, 4.69) is 11.9 Å². The average Bonchev–Trinajstić information content (AvgIpc) is 2.25. The number of hydrogen-bond donors (Lipinski definition) is 1. The Hall–Kier alpha value is -1.26. The van der Waals surface area contributed by atoms with Crippen molar-refractivity contribution in [3.63, 3.8) is 0 Å². The van der Waals surface area contributed by atoms with Gasteiger partial charge < -0.3 is 10.2 Å². The van der Waals surface area contributed by atoms with Gasteiger partial charge in [0.1, 0.15) is 0 Å². The first kappa shape index (κ1) is 14.7. The molecule has 0 saturated carbocycles. The first-order valence-electron chi connectivity index (χ1n) is 5.40. The predicted molar refractivity (Wildman–Crippen MR) is 65.3 cm³/mol. The fourth-order valence-corrected chi connectivity index (χ4v) is 1.20. The number of hydrogen-bond acceptors (Lipinski definition) is 2. The number of nitrogens with zero attached hydrogens (tertiary/aromatic N) is 1. The van der Waals surface area contributed by atoms with E-state index in [4.69, 9.17) is 7.85 Å². The molecule has 88 valence electrons. The fourth-order valence-electron chi connectivity index (χ4n) is 1.20. The summed E-state index contributed by atoms with van der Waals surface area (Å²) in [7, 11) is 5.30. The van der Waals surface area contributed by atoms with Crippen LogP contribution in [0.5, 0.6) is 0 Å². The van der Waals surface area contributed by atoms with E-state index in [1.165, 1.54) is 0 Å². The van der Waals surface area contributed by atoms with Crippen LogP contribution in [-0.4, -0.2) is 44.2 Å². The molecular weight excluding hydrogens is 203 g/mol. The number of carbonyl (C=O) groups excluding carboxylic acids is 2. The quantitative estimate of drug-likeness (QED) is 0.503. The summed E-state index contributed by atoms with van der Waals surface area (Å²) in [6, 6.07) is 0. The molecule has 2 amide bonds. The standard InChI is InChI=1S/C11H19BN2O2/c1-4-10(15)13-5-6-14(8-9(2)3)11(16)7-12/h2,4-8H2,1,3H3,(H,13,15). The molecule has 0 spiro atoms. The molecule has 0 heterocycles. The highest BCUT2D eigenvalue weighted by molar-refractivity contribution is 6.19. The van der Waals surface area contributed by atoms with Crippen molar-refractivity contribution < 1.29 is 9.59 Å². The maximum Gasteiger partial charge on any atom is 0.219 e. The lowest BCUT2D eigenvalue weighted by atomic mass is 10.0. The molecule has 0 unspecified atom stereocenters. The molecule has 0 rings (SSSR count). The van der Waals surface area contributed by atoms with Gasteiger partial charge in [0.05, 0.1) is 7.85 Å². The summed E-state index contributed by atoms with van der Waals surface area (Å²) in [5, 5.41) is 2.71. The van der Waals surface area contributed by atoms with Crippen LogP contribution < -0.4 is 5.32 Å². The van der Waals surface area contributed by atoms with Crippen molar-refractivity contribution in [2.24, 2.45) is 0 Å². The van der Waals surface area contributed by atoms with Gasteiger partial charge in [-0.15, -0.1) is 0 Å². The highest BCUT2D eigenvalue weighted by atomic mass is 16.2. The van der Waals surface area contributed by atoms with Gasteiger partial charge in [0.25, 0.3) is 0 Å². The average molecular weight is 222 g/mol. The van der Waals surface area contributed by atoms with Crippen molar-refractivity contribution in [2.45, 2.75) is 26.6 Å². The van der Waals surface area contributed by atoms with E-state index in [0.717, 1.165) is 5.57 Å². The molecule has 0 aromatic carbocycles. The van der Waals surface area contributed by atoms with Gasteiger partial charge in [-0.1, -0.05) is 19.1 Å². The van der Waals surface area contributed by atoms with E-state index in [0.29, 0.717) is 26.1 Å². The molecule has 0 bridgehead atoms. The predicted octanol–water partition coefficient (Wildman–Crippen LogP) is 0.504. The fraction of sp³-hybridized carbons (Fsp3) is 0.636. The minimum absolute atomic E-state index is 0.0181. The zero-order valence-corrected chi connectivity index (χ0v) is 10.1. The van der Waals surface area contributed by atoms with E-state index in [9.17, 15) is 9.59 Å². The molecule has 1 N–H and O–H groups in total. The van der Waals surface area contributed by atoms with E-state index < -0.39 is 0 Å². The van der Waals surface area contributed by atoms with Crippen LogP contribution in [0, 0.1) is 0 Å². The Morgan fingerprint density at radius 3 is 2.50 bits per heavy atom. The van der Waals surface area contributed by atoms with E-state index >= 15 is 0 Å². The van der Waals surface area contributed by atoms with Crippen LogP contribution in [0.15, 0.2) is 12.2 Å². The lowest BCUT2D eigenvalue weighted by Crippen LogP contribution is -2.39. The van der Waals surface area contributed by atoms with E-state index in [-0.39, 0.29) is 18.1 Å². The lowest BCUT2D eigenvalue weighted by molar-refractivity contribution is -0.129. The van der Waals surface area contributed by atoms with Crippen molar-refractivity contribution in [3.05, 3.63) is 12.2 Å². The summed E-state index contributed by atoms with van der Waals surface area (Å²) < 4.78 is 0. The van der Waals surface area contributed by atoms with Gasteiger partial charge >= 0.3 is 0 Å². The number of rotatable bonds is 7. The van der Waals surface area contributed by atoms with Crippen LogP contribution in [0.4, 0.5) is 0 Å². The van der Waals surface area contributed by atoms with Gasteiger partial charge in [-0.05, 0) is 13.2 Å². The summed E-state index contributed by atoms with van der Waals surface area (Å²) in [6.07, 6.45) is 0.431. The van der Waals surface area contributed by atoms with Crippen LogP contribution in [0.1, 0.15) is 20.3 Å². The minimum atomic E-state index is -0.131. The summed E-state index contributed by atoms with van der Waals surface area (Å²) in [5.74, 6) is -0.149. The molecule has 5 heteroatoms. The third-order valence-corrected chi connectivity index (χ3v) is 2.01. The topological polar surface area (TPSA) is 49.4 Å². The zero-order chi connectivity index (χ0) is 12.6. The van der Waals surface area contributed by atoms with Gasteiger partial charge in [0, 0.05) is 26.1 Å². The smallest absolute Gasteiger partial charge is 0.219 e. The molecule has 0 aliphatic carbocycles. The van der Waals surface area contributed by atoms with Gasteiger partial charge in [0.2, 0.25) is 11.8 Å². The SMILES string of the molecule is [B]CC(=O)N(CCNC(=O)CC)CC(=C)C. The Balaban J connectivity index is 4.06. The van der Waals surface area contributed by atoms with Gasteiger partial charge in [0.15, 0.2) is 0 Å². The number of amides is 2. The molecule has 4 nitrogen and oxygen atoms in total. The molecule has 16 heavy (non-hydrogen) atoms. The van der Waals surface area contributed by atoms with Crippen molar-refractivity contribution in [1.29, 1.82) is 0 Å². The first-order chi connectivity index (χ1) is 7.51. The Kier molecular flexibility index (Phi) is 7.34. The highest BCUT2D eigenvalue weighted by Crippen LogP contribution is 1.98. The summed E-state index contributed by atoms with van der Waals surface area (Å²) in [6.45, 7) is 8.78. The number of carbonyl (C=O) groups is 2. The zero-order valence-electron chi connectivity index (χ0n) is 10.1. The Morgan fingerprint density at radius 2 is 2.06 bits per heavy atom. The van der Waals surface area contributed by atoms with E-state index in [1.807, 2.05) is 6.92 Å². The third-order valence-electron chi connectivity index (χ3n) is 2.01. The maximum absolute atomic E-state index is 11.4. The van der Waals surface area contributed by atoms with Crippen molar-refractivity contribution >= 4 is 19.7 Å². The molecule has 0 aromatic heterocycles. The molecule has 0 aliphatic rings. The molecule has 2 radical (unpaired) electrons. The van der Waals surface area contributed by atoms with Crippen LogP contribution >= 0.6 is 0 Å². The second-order valence-electron chi connectivity index (χ2n) is 3.68. The van der Waals surface area contributed by atoms with Crippen molar-refractivity contribution in [3.8, 4) is 0 Å². The molecule has 0 aliphatic heterocycles. The molecule has 0 fully saturated rings. The summed E-state index contributed by atoms with van der Waals surface area (Å²) in [4.78, 5) is 24.0. The second-order valence-corrected chi connectivity index (χ2v) is 3.68. The van der Waals surface area contributed by atoms with Crippen LogP contribution in [0.25, 0.3) is 0 Å². The Labute approximate surface area is 98.5 Å². The summed E-state index contributed by atoms with van der Waals surface area (Å²) >= 11 is 0. The molecule has 0 aromatic rings. The van der Waals surface area contributed by atoms with Crippen LogP contribution in [-0.2, 0) is 9.59 Å². The molecular formula is C11H19BN2O2. The third kappa shape index (κ3) is 6.27. The largest absolute Gasteiger partial charge is 0.354 e. The molecule has 0 saturated heterocycles. The monoisotopic (exact) mass is 222 g/mol. The van der Waals surface area contributed by atoms with Crippen molar-refractivity contribution in [2.75, 3.05) is 19.6 Å². The highest BCUT2D eigenvalue weighted by Gasteiger charge is 2.10. The van der Waals surface area contributed by atoms with Gasteiger partial charge in [-0.2, -0.15) is 0 Å². The minimum Gasteiger partial charge on any atom is -0.354 e. The van der Waals surface area contributed by atoms with E-state index in [1.54, 1.807) is 11.8 Å². The maximum atomic E-state index is 11.4. The number of nitrogens with one attached hydrogen (secondary N) is 1. The Bertz CT molecular complexity index is 267. The normalized spacial score (nSPS) is 9.62. The van der Waals surface area contributed by atoms with Crippen LogP contribution in [0.2, 0.25) is 6.32 Å². The van der Waals surface area contributed by atoms with Crippen molar-refractivity contribution in [1.82, 2.24) is 10.2 Å². The summed E-state index contributed by atoms with van der Waals surface area (Å²) in [5.41, 5.74) is 0.892. The van der Waals surface area contributed by atoms with Gasteiger partial charge in [-0.25, -0.2) is 0 Å². The van der Waals surface area contributed by atoms with Gasteiger partial charge in [-0.3, -0.25) is 9.59 Å². The Morgan fingerprint density at radius 1 is 1.44 bits per heavy atom.